The van der Waals surface area contributed by atoms with Crippen LogP contribution in [0.3, 0.4) is 0 Å². The van der Waals surface area contributed by atoms with Crippen LogP contribution in [0.4, 0.5) is 0 Å². The number of aliphatic hydroxyl groups excluding tert-OH is 1. The Bertz CT molecular complexity index is 386. The van der Waals surface area contributed by atoms with Gasteiger partial charge in [-0.2, -0.15) is 0 Å². The van der Waals surface area contributed by atoms with Gasteiger partial charge in [0.2, 0.25) is 0 Å². The van der Waals surface area contributed by atoms with E-state index in [0.29, 0.717) is 0 Å². The molecule has 0 aliphatic carbocycles. The van der Waals surface area contributed by atoms with Crippen molar-refractivity contribution < 1.29 is 15.3 Å². The van der Waals surface area contributed by atoms with Crippen LogP contribution >= 0.6 is 0 Å². The quantitative estimate of drug-likeness (QED) is 0.516. The maximum atomic E-state index is 9.46. The summed E-state index contributed by atoms with van der Waals surface area (Å²) in [7, 11) is 0. The van der Waals surface area contributed by atoms with Crippen LogP contribution in [0.5, 0.6) is 5.75 Å². The standard InChI is InChI=1S/C12H14O3/c1-2-3-4-5-9-6-7-10(12(14)15)11(13)8-9/h6-8,12-15H,4-5H2,1H3. The first-order chi connectivity index (χ1) is 7.15. The summed E-state index contributed by atoms with van der Waals surface area (Å²) < 4.78 is 0. The lowest BCUT2D eigenvalue weighted by Crippen LogP contribution is -1.96. The van der Waals surface area contributed by atoms with Crippen LogP contribution < -0.4 is 0 Å². The molecule has 80 valence electrons. The highest BCUT2D eigenvalue weighted by Gasteiger charge is 2.08. The molecule has 0 saturated heterocycles. The van der Waals surface area contributed by atoms with Crippen LogP contribution in [0.15, 0.2) is 18.2 Å². The van der Waals surface area contributed by atoms with E-state index in [9.17, 15) is 5.11 Å². The van der Waals surface area contributed by atoms with E-state index in [-0.39, 0.29) is 11.3 Å². The zero-order valence-corrected chi connectivity index (χ0v) is 8.57. The summed E-state index contributed by atoms with van der Waals surface area (Å²) >= 11 is 0. The van der Waals surface area contributed by atoms with E-state index in [0.717, 1.165) is 18.4 Å². The van der Waals surface area contributed by atoms with E-state index in [1.807, 2.05) is 0 Å². The average Bonchev–Trinajstić information content (AvgIpc) is 2.17. The van der Waals surface area contributed by atoms with Crippen LogP contribution in [-0.2, 0) is 6.42 Å². The fourth-order valence-electron chi connectivity index (χ4n) is 1.29. The lowest BCUT2D eigenvalue weighted by atomic mass is 10.1. The molecule has 3 nitrogen and oxygen atoms in total. The Morgan fingerprint density at radius 1 is 1.33 bits per heavy atom. The summed E-state index contributed by atoms with van der Waals surface area (Å²) in [4.78, 5) is 0. The lowest BCUT2D eigenvalue weighted by Gasteiger charge is -2.07. The summed E-state index contributed by atoms with van der Waals surface area (Å²) in [6.45, 7) is 1.78. The van der Waals surface area contributed by atoms with Gasteiger partial charge in [0.05, 0.1) is 0 Å². The Morgan fingerprint density at radius 2 is 2.07 bits per heavy atom. The van der Waals surface area contributed by atoms with Gasteiger partial charge in [-0.3, -0.25) is 0 Å². The Balaban J connectivity index is 2.76. The molecule has 0 atom stereocenters. The highest BCUT2D eigenvalue weighted by molar-refractivity contribution is 5.37. The van der Waals surface area contributed by atoms with E-state index in [4.69, 9.17) is 10.2 Å². The summed E-state index contributed by atoms with van der Waals surface area (Å²) in [5, 5.41) is 27.2. The first-order valence-electron chi connectivity index (χ1n) is 4.72. The molecular formula is C12H14O3. The number of aliphatic hydroxyl groups is 2. The topological polar surface area (TPSA) is 60.7 Å². The van der Waals surface area contributed by atoms with Gasteiger partial charge in [-0.05, 0) is 31.0 Å². The molecule has 1 aromatic carbocycles. The van der Waals surface area contributed by atoms with Crippen LogP contribution in [-0.4, -0.2) is 15.3 Å². The maximum Gasteiger partial charge on any atom is 0.182 e. The molecule has 0 aromatic heterocycles. The third kappa shape index (κ3) is 3.28. The molecule has 1 aromatic rings. The second kappa shape index (κ2) is 5.40. The number of aromatic hydroxyl groups is 1. The fraction of sp³-hybridized carbons (Fsp3) is 0.333. The number of hydrogen-bond acceptors (Lipinski definition) is 3. The van der Waals surface area contributed by atoms with Gasteiger partial charge in [0.25, 0.3) is 0 Å². The molecule has 0 spiro atoms. The molecule has 0 radical (unpaired) electrons. The third-order valence-electron chi connectivity index (χ3n) is 2.09. The number of benzene rings is 1. The van der Waals surface area contributed by atoms with Gasteiger partial charge in [-0.1, -0.05) is 6.07 Å². The van der Waals surface area contributed by atoms with Crippen molar-refractivity contribution in [2.45, 2.75) is 26.1 Å². The summed E-state index contributed by atoms with van der Waals surface area (Å²) in [5.41, 5.74) is 1.06. The molecule has 0 heterocycles. The predicted molar refractivity (Wildman–Crippen MR) is 57.1 cm³/mol. The third-order valence-corrected chi connectivity index (χ3v) is 2.09. The summed E-state index contributed by atoms with van der Waals surface area (Å²) in [5.74, 6) is 5.62. The van der Waals surface area contributed by atoms with E-state index < -0.39 is 6.29 Å². The maximum absolute atomic E-state index is 9.46. The Kier molecular flexibility index (Phi) is 4.17. The molecule has 0 aliphatic rings. The Hall–Kier alpha value is -1.50. The van der Waals surface area contributed by atoms with Crippen LogP contribution in [0.1, 0.15) is 30.8 Å². The van der Waals surface area contributed by atoms with Gasteiger partial charge in [0.1, 0.15) is 5.75 Å². The molecule has 0 saturated carbocycles. The van der Waals surface area contributed by atoms with Crippen molar-refractivity contribution in [2.24, 2.45) is 0 Å². The summed E-state index contributed by atoms with van der Waals surface area (Å²) in [6, 6.07) is 4.80. The van der Waals surface area contributed by atoms with Gasteiger partial charge in [-0.25, -0.2) is 0 Å². The van der Waals surface area contributed by atoms with E-state index in [1.54, 1.807) is 13.0 Å². The number of aryl methyl sites for hydroxylation is 1. The highest BCUT2D eigenvalue weighted by atomic mass is 16.5. The Labute approximate surface area is 89.0 Å². The minimum Gasteiger partial charge on any atom is -0.507 e. The first-order valence-corrected chi connectivity index (χ1v) is 4.72. The zero-order valence-electron chi connectivity index (χ0n) is 8.57. The van der Waals surface area contributed by atoms with Gasteiger partial charge in [0, 0.05) is 12.0 Å². The molecule has 1 rings (SSSR count). The minimum absolute atomic E-state index is 0.0908. The smallest absolute Gasteiger partial charge is 0.182 e. The first kappa shape index (κ1) is 11.6. The van der Waals surface area contributed by atoms with Crippen molar-refractivity contribution >= 4 is 0 Å². The lowest BCUT2D eigenvalue weighted by molar-refractivity contribution is -0.0438. The van der Waals surface area contributed by atoms with Crippen molar-refractivity contribution in [3.8, 4) is 17.6 Å². The molecule has 0 unspecified atom stereocenters. The summed E-state index contributed by atoms with van der Waals surface area (Å²) in [6.07, 6.45) is -0.151. The van der Waals surface area contributed by atoms with Crippen molar-refractivity contribution in [1.82, 2.24) is 0 Å². The number of phenols is 1. The molecule has 0 bridgehead atoms. The van der Waals surface area contributed by atoms with Crippen molar-refractivity contribution in [3.63, 3.8) is 0 Å². The highest BCUT2D eigenvalue weighted by Crippen LogP contribution is 2.24. The minimum atomic E-state index is -1.63. The molecule has 3 heteroatoms. The largest absolute Gasteiger partial charge is 0.507 e. The molecule has 0 fully saturated rings. The van der Waals surface area contributed by atoms with Gasteiger partial charge in [-0.15, -0.1) is 11.8 Å². The number of rotatable bonds is 3. The fourth-order valence-corrected chi connectivity index (χ4v) is 1.29. The van der Waals surface area contributed by atoms with Crippen molar-refractivity contribution in [2.75, 3.05) is 0 Å². The van der Waals surface area contributed by atoms with Crippen molar-refractivity contribution in [1.29, 1.82) is 0 Å². The van der Waals surface area contributed by atoms with E-state index in [1.165, 1.54) is 12.1 Å². The molecule has 15 heavy (non-hydrogen) atoms. The molecule has 0 amide bonds. The normalized spacial score (nSPS) is 9.87. The average molecular weight is 206 g/mol. The SMILES string of the molecule is CC#CCCc1ccc(C(O)O)c(O)c1. The van der Waals surface area contributed by atoms with Crippen molar-refractivity contribution in [3.05, 3.63) is 29.3 Å². The zero-order chi connectivity index (χ0) is 11.3. The van der Waals surface area contributed by atoms with Crippen LogP contribution in [0.25, 0.3) is 0 Å². The molecule has 0 aliphatic heterocycles. The van der Waals surface area contributed by atoms with E-state index >= 15 is 0 Å². The van der Waals surface area contributed by atoms with Crippen LogP contribution in [0.2, 0.25) is 0 Å². The predicted octanol–water partition coefficient (Wildman–Crippen LogP) is 1.33. The molecular weight excluding hydrogens is 192 g/mol. The molecule has 3 N–H and O–H groups in total. The second-order valence-electron chi connectivity index (χ2n) is 3.19. The number of phenolic OH excluding ortho intramolecular Hbond substituents is 1. The second-order valence-corrected chi connectivity index (χ2v) is 3.19. The van der Waals surface area contributed by atoms with E-state index in [2.05, 4.69) is 11.8 Å². The Morgan fingerprint density at radius 3 is 2.60 bits per heavy atom. The monoisotopic (exact) mass is 206 g/mol. The number of hydrogen-bond donors (Lipinski definition) is 3. The van der Waals surface area contributed by atoms with Crippen LogP contribution in [0, 0.1) is 11.8 Å². The van der Waals surface area contributed by atoms with Gasteiger partial charge >= 0.3 is 0 Å². The van der Waals surface area contributed by atoms with Gasteiger partial charge in [0.15, 0.2) is 6.29 Å². The van der Waals surface area contributed by atoms with Gasteiger partial charge < -0.3 is 15.3 Å².